The molecule has 0 saturated carbocycles. The third kappa shape index (κ3) is 4.32. The van der Waals surface area contributed by atoms with Crippen molar-refractivity contribution < 1.29 is 30.8 Å². The number of alkyl halides is 3. The van der Waals surface area contributed by atoms with Crippen molar-refractivity contribution in [2.45, 2.75) is 6.18 Å². The largest absolute Gasteiger partial charge is 0.435 e. The van der Waals surface area contributed by atoms with E-state index in [0.29, 0.717) is 0 Å². The number of nitrogens with zero attached hydrogens (tertiary/aromatic N) is 3. The first kappa shape index (κ1) is 19.0. The maximum Gasteiger partial charge on any atom is 0.435 e. The molecule has 0 aliphatic carbocycles. The molecule has 0 aromatic carbocycles. The van der Waals surface area contributed by atoms with Crippen LogP contribution in [0.3, 0.4) is 0 Å². The van der Waals surface area contributed by atoms with Crippen molar-refractivity contribution in [1.29, 1.82) is 0 Å². The molecule has 1 fully saturated rings. The van der Waals surface area contributed by atoms with Gasteiger partial charge < -0.3 is 10.2 Å². The van der Waals surface area contributed by atoms with Crippen LogP contribution in [-0.4, -0.2) is 47.5 Å². The quantitative estimate of drug-likeness (QED) is 0.777. The van der Waals surface area contributed by atoms with Gasteiger partial charge in [0.05, 0.1) is 23.3 Å². The number of urea groups is 1. The fourth-order valence-electron chi connectivity index (χ4n) is 2.46. The molecule has 0 bridgehead atoms. The molecule has 2 aromatic heterocycles. The Bertz CT molecular complexity index is 995. The van der Waals surface area contributed by atoms with E-state index in [-0.39, 0.29) is 23.6 Å². The Balaban J connectivity index is 1.92. The maximum atomic E-state index is 13.4. The van der Waals surface area contributed by atoms with E-state index in [1.807, 2.05) is 5.32 Å². The van der Waals surface area contributed by atoms with Crippen LogP contribution >= 0.6 is 0 Å². The number of carbonyl (C=O) groups is 1. The molecule has 0 unspecified atom stereocenters. The van der Waals surface area contributed by atoms with Gasteiger partial charge in [-0.2, -0.15) is 13.2 Å². The van der Waals surface area contributed by atoms with Crippen molar-refractivity contribution in [2.24, 2.45) is 0 Å². The average Bonchev–Trinajstić information content (AvgIpc) is 2.94. The number of halogens is 4. The van der Waals surface area contributed by atoms with Gasteiger partial charge in [0.2, 0.25) is 0 Å². The van der Waals surface area contributed by atoms with E-state index in [9.17, 15) is 30.8 Å². The van der Waals surface area contributed by atoms with E-state index in [0.717, 1.165) is 29.4 Å². The van der Waals surface area contributed by atoms with E-state index in [1.165, 1.54) is 6.07 Å². The van der Waals surface area contributed by atoms with Gasteiger partial charge >= 0.3 is 12.2 Å². The summed E-state index contributed by atoms with van der Waals surface area (Å²) in [6.07, 6.45) is -2.86. The van der Waals surface area contributed by atoms with Gasteiger partial charge in [0, 0.05) is 18.3 Å². The predicted molar refractivity (Wildman–Crippen MR) is 86.8 cm³/mol. The van der Waals surface area contributed by atoms with Crippen LogP contribution in [0.15, 0.2) is 30.6 Å². The van der Waals surface area contributed by atoms with Crippen molar-refractivity contribution in [3.63, 3.8) is 0 Å². The number of hydrogen-bond donors (Lipinski definition) is 1. The smallest absolute Gasteiger partial charge is 0.309 e. The first-order chi connectivity index (χ1) is 12.5. The van der Waals surface area contributed by atoms with Gasteiger partial charge in [0.1, 0.15) is 11.7 Å². The van der Waals surface area contributed by atoms with Gasteiger partial charge in [-0.15, -0.1) is 0 Å². The van der Waals surface area contributed by atoms with E-state index in [1.54, 1.807) is 0 Å². The zero-order chi connectivity index (χ0) is 19.8. The summed E-state index contributed by atoms with van der Waals surface area (Å²) in [5, 5.41) is 2.04. The Kier molecular flexibility index (Phi) is 4.76. The zero-order valence-corrected chi connectivity index (χ0v) is 14.3. The maximum absolute atomic E-state index is 13.4. The fraction of sp³-hybridized carbons (Fsp3) is 0.267. The Morgan fingerprint density at radius 1 is 1.22 bits per heavy atom. The van der Waals surface area contributed by atoms with E-state index in [2.05, 4.69) is 9.97 Å². The molecule has 1 aliphatic heterocycles. The number of aromatic nitrogens is 2. The van der Waals surface area contributed by atoms with Crippen molar-refractivity contribution in [2.75, 3.05) is 23.5 Å². The first-order valence-electron chi connectivity index (χ1n) is 7.51. The monoisotopic (exact) mass is 404 g/mol. The minimum absolute atomic E-state index is 0.0315. The molecule has 144 valence electrons. The molecule has 27 heavy (non-hydrogen) atoms. The lowest BCUT2D eigenvalue weighted by Gasteiger charge is -2.18. The highest BCUT2D eigenvalue weighted by molar-refractivity contribution is 7.91. The van der Waals surface area contributed by atoms with E-state index >= 15 is 0 Å². The third-order valence-electron chi connectivity index (χ3n) is 3.72. The molecule has 2 aromatic rings. The number of amides is 2. The van der Waals surface area contributed by atoms with Gasteiger partial charge in [-0.3, -0.25) is 4.98 Å². The molecule has 3 rings (SSSR count). The third-order valence-corrected chi connectivity index (χ3v) is 5.23. The zero-order valence-electron chi connectivity index (χ0n) is 13.5. The highest BCUT2D eigenvalue weighted by atomic mass is 32.2. The van der Waals surface area contributed by atoms with Gasteiger partial charge in [-0.25, -0.2) is 22.6 Å². The van der Waals surface area contributed by atoms with Crippen LogP contribution in [0, 0.1) is 5.82 Å². The summed E-state index contributed by atoms with van der Waals surface area (Å²) in [6, 6.07) is 2.13. The molecule has 3 heterocycles. The Morgan fingerprint density at radius 2 is 1.96 bits per heavy atom. The van der Waals surface area contributed by atoms with Crippen LogP contribution in [0.25, 0.3) is 11.3 Å². The lowest BCUT2D eigenvalue weighted by molar-refractivity contribution is -0.140. The van der Waals surface area contributed by atoms with Gasteiger partial charge in [-0.1, -0.05) is 0 Å². The van der Waals surface area contributed by atoms with Crippen LogP contribution in [0.1, 0.15) is 5.69 Å². The molecule has 12 heteroatoms. The number of pyridine rings is 2. The van der Waals surface area contributed by atoms with E-state index < -0.39 is 45.1 Å². The lowest BCUT2D eigenvalue weighted by Crippen LogP contribution is -2.34. The second-order valence-electron chi connectivity index (χ2n) is 5.75. The molecular formula is C15H12F4N4O3S. The number of rotatable bonds is 2. The van der Waals surface area contributed by atoms with Crippen molar-refractivity contribution >= 4 is 21.6 Å². The first-order valence-corrected chi connectivity index (χ1v) is 9.33. The summed E-state index contributed by atoms with van der Waals surface area (Å²) in [4.78, 5) is 20.0. The predicted octanol–water partition coefficient (Wildman–Crippen LogP) is 2.52. The summed E-state index contributed by atoms with van der Waals surface area (Å²) in [6.45, 7) is -0.115. The number of hydrogen-bond acceptors (Lipinski definition) is 5. The summed E-state index contributed by atoms with van der Waals surface area (Å²) in [5.74, 6) is -1.56. The van der Waals surface area contributed by atoms with Crippen molar-refractivity contribution in [1.82, 2.24) is 14.9 Å². The van der Waals surface area contributed by atoms with Gasteiger partial charge in [0.15, 0.2) is 15.5 Å². The van der Waals surface area contributed by atoms with Crippen LogP contribution in [0.5, 0.6) is 0 Å². The average molecular weight is 404 g/mol. The normalized spacial score (nSPS) is 16.4. The highest BCUT2D eigenvalue weighted by Gasteiger charge is 2.37. The second kappa shape index (κ2) is 6.76. The number of anilines is 1. The van der Waals surface area contributed by atoms with E-state index in [4.69, 9.17) is 0 Å². The van der Waals surface area contributed by atoms with Gasteiger partial charge in [0.25, 0.3) is 0 Å². The number of nitrogens with one attached hydrogen (secondary N) is 1. The lowest BCUT2D eigenvalue weighted by atomic mass is 10.1. The van der Waals surface area contributed by atoms with Crippen molar-refractivity contribution in [3.8, 4) is 11.3 Å². The molecule has 7 nitrogen and oxygen atoms in total. The molecule has 2 amide bonds. The molecule has 1 saturated heterocycles. The van der Waals surface area contributed by atoms with Gasteiger partial charge in [-0.05, 0) is 18.2 Å². The molecule has 0 atom stereocenters. The molecular weight excluding hydrogens is 392 g/mol. The summed E-state index contributed by atoms with van der Waals surface area (Å²) in [5.41, 5.74) is -2.18. The number of sulfone groups is 1. The minimum atomic E-state index is -4.91. The molecule has 1 aliphatic rings. The standard InChI is InChI=1S/C15H12F4N4O3S/c16-10-5-9(6-20-7-10)11-1-2-12(13(21-11)15(17,18)19)22-14(24)23-3-4-27(25,26)8-23/h1-2,5-7H,3-4,8H2,(H,22,24). The Morgan fingerprint density at radius 3 is 2.56 bits per heavy atom. The van der Waals surface area contributed by atoms with Crippen LogP contribution in [0.2, 0.25) is 0 Å². The molecule has 0 radical (unpaired) electrons. The topological polar surface area (TPSA) is 92.3 Å². The van der Waals surface area contributed by atoms with Crippen LogP contribution in [-0.2, 0) is 16.0 Å². The van der Waals surface area contributed by atoms with Crippen LogP contribution in [0.4, 0.5) is 28.0 Å². The molecule has 1 N–H and O–H groups in total. The SMILES string of the molecule is O=C(Nc1ccc(-c2cncc(F)c2)nc1C(F)(F)F)N1CCS(=O)(=O)C1. The van der Waals surface area contributed by atoms with Crippen molar-refractivity contribution in [3.05, 3.63) is 42.1 Å². The summed E-state index contributed by atoms with van der Waals surface area (Å²) in [7, 11) is -3.43. The summed E-state index contributed by atoms with van der Waals surface area (Å²) < 4.78 is 76.1. The highest BCUT2D eigenvalue weighted by Crippen LogP contribution is 2.35. The summed E-state index contributed by atoms with van der Waals surface area (Å²) >= 11 is 0. The molecule has 0 spiro atoms. The Labute approximate surface area is 151 Å². The van der Waals surface area contributed by atoms with Crippen LogP contribution < -0.4 is 5.32 Å². The Hall–Kier alpha value is -2.76. The fourth-order valence-corrected chi connectivity index (χ4v) is 3.81. The minimum Gasteiger partial charge on any atom is -0.309 e. The second-order valence-corrected chi connectivity index (χ2v) is 7.91. The number of carbonyl (C=O) groups excluding carboxylic acids is 1.